The van der Waals surface area contributed by atoms with Crippen molar-refractivity contribution in [1.29, 1.82) is 0 Å². The van der Waals surface area contributed by atoms with E-state index in [0.29, 0.717) is 5.92 Å². The largest absolute Gasteiger partial charge is 0.393 e. The van der Waals surface area contributed by atoms with E-state index >= 15 is 0 Å². The second kappa shape index (κ2) is 5.89. The van der Waals surface area contributed by atoms with Gasteiger partial charge in [0, 0.05) is 4.88 Å². The van der Waals surface area contributed by atoms with Gasteiger partial charge in [0.15, 0.2) is 0 Å². The van der Waals surface area contributed by atoms with Gasteiger partial charge in [-0.25, -0.2) is 0 Å². The topological polar surface area (TPSA) is 20.2 Å². The van der Waals surface area contributed by atoms with Crippen LogP contribution in [-0.4, -0.2) is 11.2 Å². The molecule has 1 aliphatic rings. The van der Waals surface area contributed by atoms with Crippen LogP contribution < -0.4 is 0 Å². The summed E-state index contributed by atoms with van der Waals surface area (Å²) in [7, 11) is 0. The molecule has 0 spiro atoms. The minimum absolute atomic E-state index is 0.157. The molecule has 1 aliphatic carbocycles. The van der Waals surface area contributed by atoms with Gasteiger partial charge >= 0.3 is 0 Å². The summed E-state index contributed by atoms with van der Waals surface area (Å²) < 4.78 is 0. The highest BCUT2D eigenvalue weighted by molar-refractivity contribution is 7.09. The lowest BCUT2D eigenvalue weighted by atomic mass is 9.80. The fourth-order valence-corrected chi connectivity index (χ4v) is 3.76. The molecule has 3 rings (SSSR count). The number of hydrogen-bond donors (Lipinski definition) is 1. The standard InChI is InChI=1S/C17H20OS/c18-17(10-9-16-6-3-11-19-16)15-8-7-13-4-1-2-5-14(13)12-15/h1-6,11,15,17-18H,7-10,12H2. The molecule has 2 unspecified atom stereocenters. The van der Waals surface area contributed by atoms with Gasteiger partial charge in [-0.1, -0.05) is 30.3 Å². The van der Waals surface area contributed by atoms with E-state index in [9.17, 15) is 5.11 Å². The first-order chi connectivity index (χ1) is 9.33. The first-order valence-electron chi connectivity index (χ1n) is 7.10. The molecule has 1 aromatic heterocycles. The monoisotopic (exact) mass is 272 g/mol. The van der Waals surface area contributed by atoms with Gasteiger partial charge in [-0.2, -0.15) is 0 Å². The van der Waals surface area contributed by atoms with Gasteiger partial charge in [0.1, 0.15) is 0 Å². The summed E-state index contributed by atoms with van der Waals surface area (Å²) in [5, 5.41) is 12.5. The number of aliphatic hydroxyl groups excluding tert-OH is 1. The van der Waals surface area contributed by atoms with Crippen molar-refractivity contribution in [1.82, 2.24) is 0 Å². The molecule has 0 saturated carbocycles. The van der Waals surface area contributed by atoms with Gasteiger partial charge in [-0.15, -0.1) is 11.3 Å². The zero-order valence-electron chi connectivity index (χ0n) is 11.1. The number of benzene rings is 1. The SMILES string of the molecule is OC(CCc1cccs1)C1CCc2ccccc2C1. The number of aliphatic hydroxyl groups is 1. The average molecular weight is 272 g/mol. The molecule has 0 fully saturated rings. The molecule has 2 atom stereocenters. The highest BCUT2D eigenvalue weighted by Crippen LogP contribution is 2.29. The van der Waals surface area contributed by atoms with Crippen LogP contribution in [0.25, 0.3) is 0 Å². The third kappa shape index (κ3) is 3.07. The van der Waals surface area contributed by atoms with Crippen LogP contribution in [0.4, 0.5) is 0 Å². The van der Waals surface area contributed by atoms with Gasteiger partial charge in [-0.3, -0.25) is 0 Å². The molecular weight excluding hydrogens is 252 g/mol. The molecule has 100 valence electrons. The van der Waals surface area contributed by atoms with Crippen LogP contribution in [0.2, 0.25) is 0 Å². The zero-order valence-corrected chi connectivity index (χ0v) is 11.9. The molecule has 0 amide bonds. The first-order valence-corrected chi connectivity index (χ1v) is 7.98. The molecule has 1 nitrogen and oxygen atoms in total. The summed E-state index contributed by atoms with van der Waals surface area (Å²) in [6, 6.07) is 12.9. The second-order valence-corrected chi connectivity index (χ2v) is 6.49. The number of aryl methyl sites for hydroxylation is 2. The van der Waals surface area contributed by atoms with Gasteiger partial charge < -0.3 is 5.11 Å². The van der Waals surface area contributed by atoms with Gasteiger partial charge in [-0.05, 0) is 60.6 Å². The molecule has 0 aliphatic heterocycles. The van der Waals surface area contributed by atoms with Crippen LogP contribution in [0.15, 0.2) is 41.8 Å². The van der Waals surface area contributed by atoms with Crippen molar-refractivity contribution >= 4 is 11.3 Å². The van der Waals surface area contributed by atoms with Gasteiger partial charge in [0.2, 0.25) is 0 Å². The lowest BCUT2D eigenvalue weighted by Gasteiger charge is -2.28. The summed E-state index contributed by atoms with van der Waals surface area (Å²) in [6.45, 7) is 0. The van der Waals surface area contributed by atoms with Crippen LogP contribution in [0, 0.1) is 5.92 Å². The Bertz CT molecular complexity index is 518. The summed E-state index contributed by atoms with van der Waals surface area (Å²) in [5.74, 6) is 0.440. The van der Waals surface area contributed by atoms with Crippen molar-refractivity contribution < 1.29 is 5.11 Å². The van der Waals surface area contributed by atoms with E-state index in [1.54, 1.807) is 11.3 Å². The number of hydrogen-bond acceptors (Lipinski definition) is 2. The Balaban J connectivity index is 1.58. The minimum Gasteiger partial charge on any atom is -0.393 e. The maximum absolute atomic E-state index is 10.4. The number of fused-ring (bicyclic) bond motifs is 1. The van der Waals surface area contributed by atoms with Crippen molar-refractivity contribution in [3.63, 3.8) is 0 Å². The Labute approximate surface area is 118 Å². The molecule has 0 saturated heterocycles. The first kappa shape index (κ1) is 12.9. The maximum atomic E-state index is 10.4. The van der Waals surface area contributed by atoms with Crippen molar-refractivity contribution in [2.75, 3.05) is 0 Å². The van der Waals surface area contributed by atoms with Crippen molar-refractivity contribution in [2.24, 2.45) is 5.92 Å². The predicted octanol–water partition coefficient (Wildman–Crippen LogP) is 3.85. The van der Waals surface area contributed by atoms with Crippen molar-refractivity contribution in [3.8, 4) is 0 Å². The Morgan fingerprint density at radius 1 is 1.16 bits per heavy atom. The number of thiophene rings is 1. The van der Waals surface area contributed by atoms with Crippen LogP contribution in [-0.2, 0) is 19.3 Å². The molecule has 2 heteroatoms. The molecule has 1 N–H and O–H groups in total. The maximum Gasteiger partial charge on any atom is 0.0575 e. The number of rotatable bonds is 4. The van der Waals surface area contributed by atoms with Crippen molar-refractivity contribution in [2.45, 2.75) is 38.2 Å². The van der Waals surface area contributed by atoms with Crippen LogP contribution in [0.1, 0.15) is 28.8 Å². The molecular formula is C17H20OS. The molecule has 0 bridgehead atoms. The Morgan fingerprint density at radius 3 is 2.79 bits per heavy atom. The normalized spacial score (nSPS) is 19.9. The van der Waals surface area contributed by atoms with Crippen LogP contribution in [0.3, 0.4) is 0 Å². The third-order valence-corrected chi connectivity index (χ3v) is 5.13. The predicted molar refractivity (Wildman–Crippen MR) is 80.6 cm³/mol. The molecule has 19 heavy (non-hydrogen) atoms. The smallest absolute Gasteiger partial charge is 0.0575 e. The van der Waals surface area contributed by atoms with Crippen LogP contribution >= 0.6 is 11.3 Å². The summed E-state index contributed by atoms with van der Waals surface area (Å²) in [6.07, 6.45) is 5.04. The Kier molecular flexibility index (Phi) is 4.00. The van der Waals surface area contributed by atoms with E-state index in [2.05, 4.69) is 41.8 Å². The van der Waals surface area contributed by atoms with Crippen LogP contribution in [0.5, 0.6) is 0 Å². The average Bonchev–Trinajstić information content (AvgIpc) is 2.97. The van der Waals surface area contributed by atoms with E-state index in [1.165, 1.54) is 16.0 Å². The highest BCUT2D eigenvalue weighted by atomic mass is 32.1. The summed E-state index contributed by atoms with van der Waals surface area (Å²) >= 11 is 1.79. The third-order valence-electron chi connectivity index (χ3n) is 4.20. The molecule has 1 aromatic carbocycles. The molecule has 2 aromatic rings. The Hall–Kier alpha value is -1.12. The van der Waals surface area contributed by atoms with Gasteiger partial charge in [0.05, 0.1) is 6.10 Å². The fourth-order valence-electron chi connectivity index (χ4n) is 3.04. The Morgan fingerprint density at radius 2 is 2.00 bits per heavy atom. The van der Waals surface area contributed by atoms with E-state index < -0.39 is 0 Å². The quantitative estimate of drug-likeness (QED) is 0.896. The second-order valence-electron chi connectivity index (χ2n) is 5.46. The zero-order chi connectivity index (χ0) is 13.1. The van der Waals surface area contributed by atoms with E-state index in [4.69, 9.17) is 0 Å². The minimum atomic E-state index is -0.157. The van der Waals surface area contributed by atoms with E-state index in [0.717, 1.165) is 32.1 Å². The molecule has 1 heterocycles. The van der Waals surface area contributed by atoms with E-state index in [1.807, 2.05) is 0 Å². The summed E-state index contributed by atoms with van der Waals surface area (Å²) in [4.78, 5) is 1.38. The highest BCUT2D eigenvalue weighted by Gasteiger charge is 2.24. The lowest BCUT2D eigenvalue weighted by Crippen LogP contribution is -2.27. The van der Waals surface area contributed by atoms with Gasteiger partial charge in [0.25, 0.3) is 0 Å². The fraction of sp³-hybridized carbons (Fsp3) is 0.412. The molecule has 0 radical (unpaired) electrons. The summed E-state index contributed by atoms with van der Waals surface area (Å²) in [5.41, 5.74) is 2.91. The van der Waals surface area contributed by atoms with Crippen molar-refractivity contribution in [3.05, 3.63) is 57.8 Å². The van der Waals surface area contributed by atoms with E-state index in [-0.39, 0.29) is 6.10 Å². The lowest BCUT2D eigenvalue weighted by molar-refractivity contribution is 0.0913.